The van der Waals surface area contributed by atoms with Gasteiger partial charge >= 0.3 is 0 Å². The first kappa shape index (κ1) is 16.6. The maximum Gasteiger partial charge on any atom is 0.252 e. The van der Waals surface area contributed by atoms with Crippen molar-refractivity contribution in [2.45, 2.75) is 61.4 Å². The Kier molecular flexibility index (Phi) is 4.76. The molecule has 4 rings (SSSR count). The smallest absolute Gasteiger partial charge is 0.252 e. The number of amides is 1. The van der Waals surface area contributed by atoms with Crippen molar-refractivity contribution in [3.05, 3.63) is 41.5 Å². The third kappa shape index (κ3) is 3.88. The quantitative estimate of drug-likeness (QED) is 0.800. The molecule has 1 aromatic heterocycles. The van der Waals surface area contributed by atoms with Gasteiger partial charge in [0.25, 0.3) is 5.91 Å². The molecule has 0 saturated carbocycles. The van der Waals surface area contributed by atoms with Crippen molar-refractivity contribution in [1.29, 1.82) is 0 Å². The van der Waals surface area contributed by atoms with E-state index < -0.39 is 0 Å². The predicted octanol–water partition coefficient (Wildman–Crippen LogP) is 2.68. The summed E-state index contributed by atoms with van der Waals surface area (Å²) in [5.41, 5.74) is 0.717. The molecule has 132 valence electrons. The fourth-order valence-corrected chi connectivity index (χ4v) is 4.64. The van der Waals surface area contributed by atoms with Crippen molar-refractivity contribution in [2.24, 2.45) is 0 Å². The van der Waals surface area contributed by atoms with E-state index in [2.05, 4.69) is 20.8 Å². The summed E-state index contributed by atoms with van der Waals surface area (Å²) >= 11 is 1.55. The van der Waals surface area contributed by atoms with Gasteiger partial charge < -0.3 is 15.2 Å². The predicted molar refractivity (Wildman–Crippen MR) is 95.5 cm³/mol. The van der Waals surface area contributed by atoms with Crippen LogP contribution in [0, 0.1) is 6.92 Å². The minimum Gasteiger partial charge on any atom is -0.349 e. The molecule has 0 aliphatic carbocycles. The number of aromatic nitrogens is 2. The number of thioether (sulfide) groups is 1. The van der Waals surface area contributed by atoms with E-state index in [1.54, 1.807) is 18.7 Å². The molecule has 2 atom stereocenters. The number of hydrogen-bond donors (Lipinski definition) is 2. The van der Waals surface area contributed by atoms with Crippen LogP contribution in [0.5, 0.6) is 0 Å². The maximum absolute atomic E-state index is 12.8. The molecular formula is C18H22N4O2S. The zero-order valence-corrected chi connectivity index (χ0v) is 15.0. The van der Waals surface area contributed by atoms with E-state index >= 15 is 0 Å². The highest BCUT2D eigenvalue weighted by Crippen LogP contribution is 2.29. The molecule has 2 N–H and O–H groups in total. The Bertz CT molecular complexity index is 751. The molecule has 1 amide bonds. The topological polar surface area (TPSA) is 80.0 Å². The van der Waals surface area contributed by atoms with Gasteiger partial charge in [-0.05, 0) is 44.7 Å². The molecule has 7 heteroatoms. The molecule has 3 heterocycles. The normalized spacial score (nSPS) is 25.1. The summed E-state index contributed by atoms with van der Waals surface area (Å²) in [4.78, 5) is 17.9. The summed E-state index contributed by atoms with van der Waals surface area (Å²) in [5, 5.41) is 10.6. The van der Waals surface area contributed by atoms with Crippen molar-refractivity contribution in [3.63, 3.8) is 0 Å². The molecule has 25 heavy (non-hydrogen) atoms. The Hall–Kier alpha value is -1.86. The number of aryl methyl sites for hydroxylation is 1. The van der Waals surface area contributed by atoms with E-state index in [0.29, 0.717) is 29.6 Å². The Balaban J connectivity index is 1.41. The molecule has 6 nitrogen and oxygen atoms in total. The Labute approximate surface area is 151 Å². The number of carbonyl (C=O) groups is 1. The lowest BCUT2D eigenvalue weighted by molar-refractivity contribution is 0.0921. The monoisotopic (exact) mass is 358 g/mol. The average Bonchev–Trinajstić information content (AvgIpc) is 3.18. The van der Waals surface area contributed by atoms with Gasteiger partial charge in [0.05, 0.1) is 11.3 Å². The zero-order valence-electron chi connectivity index (χ0n) is 14.2. The molecule has 2 aliphatic heterocycles. The van der Waals surface area contributed by atoms with E-state index in [4.69, 9.17) is 4.52 Å². The van der Waals surface area contributed by atoms with Crippen LogP contribution >= 0.6 is 11.8 Å². The third-order valence-electron chi connectivity index (χ3n) is 4.86. The summed E-state index contributed by atoms with van der Waals surface area (Å²) in [6, 6.07) is 9.10. The second kappa shape index (κ2) is 7.17. The molecule has 1 aromatic carbocycles. The van der Waals surface area contributed by atoms with Crippen LogP contribution in [0.15, 0.2) is 33.7 Å². The lowest BCUT2D eigenvalue weighted by atomic mass is 9.99. The van der Waals surface area contributed by atoms with Gasteiger partial charge in [0.2, 0.25) is 5.89 Å². The van der Waals surface area contributed by atoms with Gasteiger partial charge in [-0.15, -0.1) is 11.8 Å². The number of nitrogens with one attached hydrogen (secondary N) is 2. The number of piperidine rings is 1. The van der Waals surface area contributed by atoms with E-state index in [1.165, 1.54) is 12.8 Å². The molecule has 2 aromatic rings. The number of carbonyl (C=O) groups excluding carboxylic acids is 1. The van der Waals surface area contributed by atoms with Crippen LogP contribution in [0.2, 0.25) is 0 Å². The highest BCUT2D eigenvalue weighted by molar-refractivity contribution is 7.98. The number of rotatable bonds is 5. The molecule has 2 fully saturated rings. The first-order chi connectivity index (χ1) is 12.2. The molecule has 2 aliphatic rings. The summed E-state index contributed by atoms with van der Waals surface area (Å²) in [7, 11) is 0. The van der Waals surface area contributed by atoms with Gasteiger partial charge in [0.15, 0.2) is 5.82 Å². The molecular weight excluding hydrogens is 336 g/mol. The minimum absolute atomic E-state index is 0.0103. The number of nitrogens with zero attached hydrogens (tertiary/aromatic N) is 2. The highest BCUT2D eigenvalue weighted by Gasteiger charge is 2.34. The molecule has 0 radical (unpaired) electrons. The van der Waals surface area contributed by atoms with Crippen LogP contribution in [0.1, 0.15) is 47.8 Å². The zero-order chi connectivity index (χ0) is 17.2. The standard InChI is InChI=1S/C18H22N4O2S/c1-11-19-17(24-22-11)10-25-16-5-3-2-4-15(16)18(23)21-14-8-12-6-7-13(9-14)20-12/h2-5,12-14,20H,6-10H2,1H3,(H,21,23). The molecule has 0 spiro atoms. The summed E-state index contributed by atoms with van der Waals surface area (Å²) in [6.45, 7) is 1.80. The van der Waals surface area contributed by atoms with Gasteiger partial charge in [-0.1, -0.05) is 17.3 Å². The van der Waals surface area contributed by atoms with Crippen LogP contribution in [0.25, 0.3) is 0 Å². The third-order valence-corrected chi connectivity index (χ3v) is 5.92. The first-order valence-corrected chi connectivity index (χ1v) is 9.74. The average molecular weight is 358 g/mol. The molecule has 2 unspecified atom stereocenters. The minimum atomic E-state index is 0.0103. The fourth-order valence-electron chi connectivity index (χ4n) is 3.76. The van der Waals surface area contributed by atoms with Crippen molar-refractivity contribution in [3.8, 4) is 0 Å². The largest absolute Gasteiger partial charge is 0.349 e. The summed E-state index contributed by atoms with van der Waals surface area (Å²) < 4.78 is 5.15. The van der Waals surface area contributed by atoms with Gasteiger partial charge in [-0.2, -0.15) is 4.98 Å². The lowest BCUT2D eigenvalue weighted by Gasteiger charge is -2.29. The Morgan fingerprint density at radius 2 is 2.08 bits per heavy atom. The van der Waals surface area contributed by atoms with Crippen molar-refractivity contribution >= 4 is 17.7 Å². The van der Waals surface area contributed by atoms with Crippen molar-refractivity contribution in [1.82, 2.24) is 20.8 Å². The number of benzene rings is 1. The van der Waals surface area contributed by atoms with Crippen molar-refractivity contribution < 1.29 is 9.32 Å². The van der Waals surface area contributed by atoms with Crippen LogP contribution in [0.3, 0.4) is 0 Å². The van der Waals surface area contributed by atoms with Gasteiger partial charge in [0, 0.05) is 23.0 Å². The molecule has 2 bridgehead atoms. The van der Waals surface area contributed by atoms with E-state index in [0.717, 1.165) is 23.3 Å². The van der Waals surface area contributed by atoms with Crippen LogP contribution in [0.4, 0.5) is 0 Å². The highest BCUT2D eigenvalue weighted by atomic mass is 32.2. The molecule has 2 saturated heterocycles. The Morgan fingerprint density at radius 1 is 1.32 bits per heavy atom. The first-order valence-electron chi connectivity index (χ1n) is 8.75. The summed E-state index contributed by atoms with van der Waals surface area (Å²) in [6.07, 6.45) is 4.51. The fraction of sp³-hybridized carbons (Fsp3) is 0.500. The second-order valence-electron chi connectivity index (χ2n) is 6.80. The van der Waals surface area contributed by atoms with E-state index in [-0.39, 0.29) is 11.9 Å². The summed E-state index contributed by atoms with van der Waals surface area (Å²) in [5.74, 6) is 1.77. The number of hydrogen-bond acceptors (Lipinski definition) is 6. The maximum atomic E-state index is 12.8. The Morgan fingerprint density at radius 3 is 2.80 bits per heavy atom. The van der Waals surface area contributed by atoms with Crippen LogP contribution in [-0.2, 0) is 5.75 Å². The van der Waals surface area contributed by atoms with Crippen molar-refractivity contribution in [2.75, 3.05) is 0 Å². The van der Waals surface area contributed by atoms with E-state index in [1.807, 2.05) is 24.3 Å². The second-order valence-corrected chi connectivity index (χ2v) is 7.82. The SMILES string of the molecule is Cc1noc(CSc2ccccc2C(=O)NC2CC3CCC(C2)N3)n1. The van der Waals surface area contributed by atoms with E-state index in [9.17, 15) is 4.79 Å². The van der Waals surface area contributed by atoms with Gasteiger partial charge in [-0.3, -0.25) is 4.79 Å². The lowest BCUT2D eigenvalue weighted by Crippen LogP contribution is -2.48. The van der Waals surface area contributed by atoms with Gasteiger partial charge in [0.1, 0.15) is 0 Å². The number of fused-ring (bicyclic) bond motifs is 2. The van der Waals surface area contributed by atoms with Crippen LogP contribution < -0.4 is 10.6 Å². The van der Waals surface area contributed by atoms with Gasteiger partial charge in [-0.25, -0.2) is 0 Å². The van der Waals surface area contributed by atoms with Crippen LogP contribution in [-0.4, -0.2) is 34.2 Å².